The van der Waals surface area contributed by atoms with Crippen LogP contribution in [0, 0.1) is 5.41 Å². The van der Waals surface area contributed by atoms with Gasteiger partial charge in [-0.1, -0.05) is 11.3 Å². The first-order valence-electron chi connectivity index (χ1n) is 14.1. The molecule has 0 unspecified atom stereocenters. The van der Waals surface area contributed by atoms with Gasteiger partial charge in [-0.3, -0.25) is 0 Å². The number of carbonyl (C=O) groups is 1. The van der Waals surface area contributed by atoms with Crippen LogP contribution < -0.4 is 15.0 Å². The number of nitrogens with zero attached hydrogens (tertiary/aromatic N) is 7. The summed E-state index contributed by atoms with van der Waals surface area (Å²) in [7, 11) is 0. The van der Waals surface area contributed by atoms with Gasteiger partial charge in [-0.05, 0) is 57.9 Å². The number of anilines is 3. The molecule has 218 valence electrons. The molecular formula is C28H36N8O4S. The third-order valence-electron chi connectivity index (χ3n) is 7.69. The van der Waals surface area contributed by atoms with Gasteiger partial charge < -0.3 is 29.3 Å². The Balaban J connectivity index is 1.01. The van der Waals surface area contributed by atoms with Crippen LogP contribution in [0.3, 0.4) is 0 Å². The average Bonchev–Trinajstić information content (AvgIpc) is 3.41. The molecule has 1 spiro atoms. The van der Waals surface area contributed by atoms with E-state index in [4.69, 9.17) is 14.2 Å². The number of amides is 1. The highest BCUT2D eigenvalue weighted by Gasteiger charge is 2.46. The first-order valence-corrected chi connectivity index (χ1v) is 14.9. The number of nitrogens with one attached hydrogen (secondary N) is 1. The van der Waals surface area contributed by atoms with Crippen LogP contribution >= 0.6 is 11.3 Å². The predicted molar refractivity (Wildman–Crippen MR) is 155 cm³/mol. The summed E-state index contributed by atoms with van der Waals surface area (Å²) >= 11 is 1.46. The molecule has 1 N–H and O–H groups in total. The molecule has 1 aliphatic carbocycles. The Morgan fingerprint density at radius 1 is 1.05 bits per heavy atom. The molecule has 13 heteroatoms. The van der Waals surface area contributed by atoms with Crippen molar-refractivity contribution in [3.05, 3.63) is 30.9 Å². The van der Waals surface area contributed by atoms with Gasteiger partial charge in [0.15, 0.2) is 5.13 Å². The van der Waals surface area contributed by atoms with E-state index in [1.54, 1.807) is 29.7 Å². The van der Waals surface area contributed by atoms with Crippen LogP contribution in [-0.4, -0.2) is 87.0 Å². The summed E-state index contributed by atoms with van der Waals surface area (Å²) in [5.74, 6) is 0.459. The fraction of sp³-hybridized carbons (Fsp3) is 0.571. The minimum atomic E-state index is -0.500. The molecule has 0 radical (unpaired) electrons. The highest BCUT2D eigenvalue weighted by Crippen LogP contribution is 2.49. The van der Waals surface area contributed by atoms with E-state index in [-0.39, 0.29) is 12.2 Å². The Morgan fingerprint density at radius 3 is 2.49 bits per heavy atom. The van der Waals surface area contributed by atoms with Crippen molar-refractivity contribution < 1.29 is 19.0 Å². The second kappa shape index (κ2) is 11.4. The van der Waals surface area contributed by atoms with E-state index in [9.17, 15) is 4.79 Å². The minimum absolute atomic E-state index is 0.163. The molecule has 1 saturated carbocycles. The van der Waals surface area contributed by atoms with E-state index < -0.39 is 5.60 Å². The molecule has 41 heavy (non-hydrogen) atoms. The maximum atomic E-state index is 12.3. The standard InChI is InChI=1S/C28H36N8O4S/c1-27(2,3)40-26(37)36-10-8-35(9-11-36)19-16-30-23(31-17-19)34-25-32-18-22(41-25)21-4-7-29-24(33-21)39-20-14-28(15-20)5-12-38-13-6-28/h4,7,16-18,20H,5-6,8-15H2,1-3H3,(H,30,31,32,34). The maximum absolute atomic E-state index is 12.3. The zero-order valence-corrected chi connectivity index (χ0v) is 24.5. The molecule has 0 bridgehead atoms. The molecule has 3 aromatic heterocycles. The van der Waals surface area contributed by atoms with Crippen LogP contribution in [0.4, 0.5) is 21.6 Å². The quantitative estimate of drug-likeness (QED) is 0.442. The summed E-state index contributed by atoms with van der Waals surface area (Å²) in [5.41, 5.74) is 1.56. The van der Waals surface area contributed by atoms with Crippen LogP contribution in [0.15, 0.2) is 30.9 Å². The SMILES string of the molecule is CC(C)(C)OC(=O)N1CCN(c2cnc(Nc3ncc(-c4ccnc(OC5CC6(CCOCC6)C5)n4)s3)nc2)CC1. The second-order valence-electron chi connectivity index (χ2n) is 11.9. The number of ether oxygens (including phenoxy) is 3. The van der Waals surface area contributed by atoms with Gasteiger partial charge in [-0.25, -0.2) is 24.7 Å². The second-order valence-corrected chi connectivity index (χ2v) is 12.9. The molecular weight excluding hydrogens is 544 g/mol. The molecule has 1 amide bonds. The van der Waals surface area contributed by atoms with Gasteiger partial charge in [0.05, 0.1) is 28.7 Å². The topological polar surface area (TPSA) is 128 Å². The van der Waals surface area contributed by atoms with Crippen LogP contribution in [0.1, 0.15) is 46.5 Å². The Morgan fingerprint density at radius 2 is 1.78 bits per heavy atom. The predicted octanol–water partition coefficient (Wildman–Crippen LogP) is 4.53. The lowest BCUT2D eigenvalue weighted by Gasteiger charge is -2.49. The number of piperazine rings is 1. The Kier molecular flexibility index (Phi) is 7.64. The first kappa shape index (κ1) is 27.6. The molecule has 2 aliphatic heterocycles. The molecule has 6 rings (SSSR count). The maximum Gasteiger partial charge on any atom is 0.410 e. The van der Waals surface area contributed by atoms with Crippen LogP contribution in [-0.2, 0) is 9.47 Å². The summed E-state index contributed by atoms with van der Waals surface area (Å²) < 4.78 is 17.1. The van der Waals surface area contributed by atoms with E-state index in [0.29, 0.717) is 48.7 Å². The van der Waals surface area contributed by atoms with E-state index in [1.165, 1.54) is 11.3 Å². The van der Waals surface area contributed by atoms with Crippen molar-refractivity contribution in [2.24, 2.45) is 5.41 Å². The van der Waals surface area contributed by atoms with Crippen molar-refractivity contribution in [1.29, 1.82) is 0 Å². The first-order chi connectivity index (χ1) is 19.7. The number of thiazole rings is 1. The average molecular weight is 581 g/mol. The Labute approximate surface area is 243 Å². The van der Waals surface area contributed by atoms with E-state index in [2.05, 4.69) is 35.1 Å². The minimum Gasteiger partial charge on any atom is -0.460 e. The lowest BCUT2D eigenvalue weighted by Crippen LogP contribution is -2.50. The number of hydrogen-bond donors (Lipinski definition) is 1. The van der Waals surface area contributed by atoms with Gasteiger partial charge >= 0.3 is 12.1 Å². The molecule has 3 fully saturated rings. The van der Waals surface area contributed by atoms with Gasteiger partial charge in [0.25, 0.3) is 0 Å². The summed E-state index contributed by atoms with van der Waals surface area (Å²) in [6.45, 7) is 9.88. The van der Waals surface area contributed by atoms with Crippen LogP contribution in [0.25, 0.3) is 10.6 Å². The molecule has 0 atom stereocenters. The molecule has 3 aromatic rings. The fourth-order valence-electron chi connectivity index (χ4n) is 5.45. The smallest absolute Gasteiger partial charge is 0.410 e. The van der Waals surface area contributed by atoms with E-state index in [0.717, 1.165) is 55.2 Å². The highest BCUT2D eigenvalue weighted by molar-refractivity contribution is 7.18. The lowest BCUT2D eigenvalue weighted by atomic mass is 9.62. The van der Waals surface area contributed by atoms with E-state index >= 15 is 0 Å². The number of hydrogen-bond acceptors (Lipinski definition) is 12. The van der Waals surface area contributed by atoms with Crippen LogP contribution in [0.5, 0.6) is 6.01 Å². The molecule has 3 aliphatic rings. The van der Waals surface area contributed by atoms with E-state index in [1.807, 2.05) is 26.8 Å². The Bertz CT molecular complexity index is 1340. The highest BCUT2D eigenvalue weighted by atomic mass is 32.1. The van der Waals surface area contributed by atoms with Crippen molar-refractivity contribution in [3.63, 3.8) is 0 Å². The normalized spacial score (nSPS) is 19.1. The zero-order chi connectivity index (χ0) is 28.5. The fourth-order valence-corrected chi connectivity index (χ4v) is 6.23. The third kappa shape index (κ3) is 6.67. The van der Waals surface area contributed by atoms with Crippen molar-refractivity contribution in [3.8, 4) is 16.6 Å². The number of aromatic nitrogens is 5. The summed E-state index contributed by atoms with van der Waals surface area (Å²) in [6.07, 6.45) is 11.3. The van der Waals surface area contributed by atoms with Crippen molar-refractivity contribution in [1.82, 2.24) is 29.8 Å². The molecule has 12 nitrogen and oxygen atoms in total. The summed E-state index contributed by atoms with van der Waals surface area (Å²) in [5, 5.41) is 3.85. The number of carbonyl (C=O) groups excluding carboxylic acids is 1. The largest absolute Gasteiger partial charge is 0.460 e. The number of rotatable bonds is 6. The third-order valence-corrected chi connectivity index (χ3v) is 8.63. The lowest BCUT2D eigenvalue weighted by molar-refractivity contribution is -0.0880. The monoisotopic (exact) mass is 580 g/mol. The summed E-state index contributed by atoms with van der Waals surface area (Å²) in [6, 6.07) is 2.27. The van der Waals surface area contributed by atoms with Crippen molar-refractivity contribution in [2.75, 3.05) is 49.6 Å². The Hall–Kier alpha value is -3.58. The molecule has 0 aromatic carbocycles. The van der Waals surface area contributed by atoms with Crippen LogP contribution in [0.2, 0.25) is 0 Å². The zero-order valence-electron chi connectivity index (χ0n) is 23.7. The van der Waals surface area contributed by atoms with Crippen molar-refractivity contribution in [2.45, 2.75) is 58.2 Å². The van der Waals surface area contributed by atoms with Crippen molar-refractivity contribution >= 4 is 34.2 Å². The van der Waals surface area contributed by atoms with Gasteiger partial charge in [-0.15, -0.1) is 0 Å². The van der Waals surface area contributed by atoms with Gasteiger partial charge in [0, 0.05) is 51.8 Å². The summed E-state index contributed by atoms with van der Waals surface area (Å²) in [4.78, 5) is 39.5. The van der Waals surface area contributed by atoms with Gasteiger partial charge in [0.2, 0.25) is 5.95 Å². The molecule has 2 saturated heterocycles. The van der Waals surface area contributed by atoms with Gasteiger partial charge in [0.1, 0.15) is 11.7 Å². The molecule has 5 heterocycles. The van der Waals surface area contributed by atoms with Gasteiger partial charge in [-0.2, -0.15) is 4.98 Å².